The number of anilines is 1. The molecule has 1 aromatic heterocycles. The standard InChI is InChI=1S/C18H31N3O2S/c1-5-7-8-15(6-2)17(23)21(11-9-14(3)4)13-16(22)20-18-19-10-12-24-18/h10,12,14-15H,5-9,11,13H2,1-4H3,(H,19,20,22)/t15-/m1/s1. The minimum absolute atomic E-state index is 0.0183. The number of carbonyl (C=O) groups is 2. The summed E-state index contributed by atoms with van der Waals surface area (Å²) in [7, 11) is 0. The highest BCUT2D eigenvalue weighted by Crippen LogP contribution is 2.17. The molecule has 1 atom stereocenters. The highest BCUT2D eigenvalue weighted by molar-refractivity contribution is 7.13. The third-order valence-electron chi connectivity index (χ3n) is 4.05. The number of hydrogen-bond acceptors (Lipinski definition) is 4. The molecule has 0 aliphatic carbocycles. The molecule has 5 nitrogen and oxygen atoms in total. The van der Waals surface area contributed by atoms with Crippen LogP contribution in [0.15, 0.2) is 11.6 Å². The summed E-state index contributed by atoms with van der Waals surface area (Å²) in [5.74, 6) is 0.455. The number of hydrogen-bond donors (Lipinski definition) is 1. The van der Waals surface area contributed by atoms with Gasteiger partial charge in [0.1, 0.15) is 0 Å². The van der Waals surface area contributed by atoms with Crippen LogP contribution in [0, 0.1) is 11.8 Å². The number of rotatable bonds is 11. The van der Waals surface area contributed by atoms with E-state index in [4.69, 9.17) is 0 Å². The summed E-state index contributed by atoms with van der Waals surface area (Å²) in [5, 5.41) is 5.16. The lowest BCUT2D eigenvalue weighted by Crippen LogP contribution is -2.42. The second-order valence-corrected chi connectivity index (χ2v) is 7.47. The normalized spacial score (nSPS) is 12.2. The largest absolute Gasteiger partial charge is 0.333 e. The van der Waals surface area contributed by atoms with Gasteiger partial charge in [-0.15, -0.1) is 11.3 Å². The second-order valence-electron chi connectivity index (χ2n) is 6.58. The van der Waals surface area contributed by atoms with Gasteiger partial charge in [-0.1, -0.05) is 40.5 Å². The van der Waals surface area contributed by atoms with Gasteiger partial charge in [-0.25, -0.2) is 4.98 Å². The van der Waals surface area contributed by atoms with Crippen LogP contribution < -0.4 is 5.32 Å². The number of unbranched alkanes of at least 4 members (excludes halogenated alkanes) is 1. The Kier molecular flexibility index (Phi) is 9.60. The minimum atomic E-state index is -0.174. The molecule has 0 aliphatic heterocycles. The first-order valence-corrected chi connectivity index (χ1v) is 9.83. The predicted octanol–water partition coefficient (Wildman–Crippen LogP) is 4.17. The van der Waals surface area contributed by atoms with Gasteiger partial charge in [0.2, 0.25) is 11.8 Å². The number of amides is 2. The van der Waals surface area contributed by atoms with Crippen molar-refractivity contribution in [1.82, 2.24) is 9.88 Å². The Bertz CT molecular complexity index is 488. The number of nitrogens with zero attached hydrogens (tertiary/aromatic N) is 2. The van der Waals surface area contributed by atoms with Crippen molar-refractivity contribution in [3.05, 3.63) is 11.6 Å². The Labute approximate surface area is 149 Å². The topological polar surface area (TPSA) is 62.3 Å². The quantitative estimate of drug-likeness (QED) is 0.649. The fourth-order valence-electron chi connectivity index (χ4n) is 2.51. The van der Waals surface area contributed by atoms with Gasteiger partial charge < -0.3 is 10.2 Å². The first kappa shape index (κ1) is 20.6. The van der Waals surface area contributed by atoms with Gasteiger partial charge in [-0.05, 0) is 25.2 Å². The van der Waals surface area contributed by atoms with Crippen molar-refractivity contribution in [3.63, 3.8) is 0 Å². The average molecular weight is 354 g/mol. The number of thiazole rings is 1. The Hall–Kier alpha value is -1.43. The van der Waals surface area contributed by atoms with Gasteiger partial charge in [-0.3, -0.25) is 9.59 Å². The molecule has 136 valence electrons. The van der Waals surface area contributed by atoms with Crippen molar-refractivity contribution in [1.29, 1.82) is 0 Å². The third-order valence-corrected chi connectivity index (χ3v) is 4.74. The van der Waals surface area contributed by atoms with Gasteiger partial charge in [-0.2, -0.15) is 0 Å². The van der Waals surface area contributed by atoms with Crippen molar-refractivity contribution >= 4 is 28.3 Å². The Morgan fingerprint density at radius 1 is 1.29 bits per heavy atom. The van der Waals surface area contributed by atoms with Crippen LogP contribution in [0.4, 0.5) is 5.13 Å². The van der Waals surface area contributed by atoms with Crippen LogP contribution in [0.3, 0.4) is 0 Å². The van der Waals surface area contributed by atoms with Crippen molar-refractivity contribution in [2.45, 2.75) is 59.8 Å². The molecule has 0 unspecified atom stereocenters. The first-order valence-electron chi connectivity index (χ1n) is 8.96. The molecule has 0 aliphatic rings. The molecule has 0 spiro atoms. The van der Waals surface area contributed by atoms with Crippen molar-refractivity contribution in [2.75, 3.05) is 18.4 Å². The van der Waals surface area contributed by atoms with E-state index in [1.54, 1.807) is 11.1 Å². The summed E-state index contributed by atoms with van der Waals surface area (Å²) in [5.41, 5.74) is 0. The smallest absolute Gasteiger partial charge is 0.245 e. The van der Waals surface area contributed by atoms with Gasteiger partial charge >= 0.3 is 0 Å². The SMILES string of the molecule is CCCC[C@@H](CC)C(=O)N(CCC(C)C)CC(=O)Nc1nccs1. The summed E-state index contributed by atoms with van der Waals surface area (Å²) in [6, 6.07) is 0. The lowest BCUT2D eigenvalue weighted by molar-refractivity contribution is -0.138. The van der Waals surface area contributed by atoms with Crippen LogP contribution in [0.1, 0.15) is 59.8 Å². The van der Waals surface area contributed by atoms with Crippen molar-refractivity contribution in [3.8, 4) is 0 Å². The molecule has 1 N–H and O–H groups in total. The monoisotopic (exact) mass is 353 g/mol. The number of aromatic nitrogens is 1. The van der Waals surface area contributed by atoms with E-state index in [-0.39, 0.29) is 24.3 Å². The molecule has 0 fully saturated rings. The summed E-state index contributed by atoms with van der Waals surface area (Å²) in [6.07, 6.45) is 6.41. The van der Waals surface area contributed by atoms with E-state index < -0.39 is 0 Å². The molecular formula is C18H31N3O2S. The maximum atomic E-state index is 12.9. The summed E-state index contributed by atoms with van der Waals surface area (Å²) < 4.78 is 0. The van der Waals surface area contributed by atoms with E-state index in [0.717, 1.165) is 32.1 Å². The molecule has 1 aromatic rings. The molecule has 2 amide bonds. The highest BCUT2D eigenvalue weighted by Gasteiger charge is 2.24. The van der Waals surface area contributed by atoms with Crippen LogP contribution in [0.5, 0.6) is 0 Å². The van der Waals surface area contributed by atoms with Crippen LogP contribution in [0.2, 0.25) is 0 Å². The zero-order valence-electron chi connectivity index (χ0n) is 15.4. The van der Waals surface area contributed by atoms with Crippen LogP contribution in [-0.2, 0) is 9.59 Å². The van der Waals surface area contributed by atoms with Crippen molar-refractivity contribution in [2.24, 2.45) is 11.8 Å². The summed E-state index contributed by atoms with van der Waals surface area (Å²) >= 11 is 1.38. The van der Waals surface area contributed by atoms with E-state index in [2.05, 4.69) is 38.0 Å². The molecule has 0 saturated heterocycles. The maximum absolute atomic E-state index is 12.9. The van der Waals surface area contributed by atoms with E-state index in [0.29, 0.717) is 17.6 Å². The lowest BCUT2D eigenvalue weighted by Gasteiger charge is -2.27. The third kappa shape index (κ3) is 7.43. The van der Waals surface area contributed by atoms with Gasteiger partial charge in [0, 0.05) is 24.0 Å². The summed E-state index contributed by atoms with van der Waals surface area (Å²) in [6.45, 7) is 9.18. The molecule has 0 radical (unpaired) electrons. The molecular weight excluding hydrogens is 322 g/mol. The molecule has 24 heavy (non-hydrogen) atoms. The van der Waals surface area contributed by atoms with Gasteiger partial charge in [0.05, 0.1) is 6.54 Å². The zero-order chi connectivity index (χ0) is 17.9. The molecule has 0 bridgehead atoms. The zero-order valence-corrected chi connectivity index (χ0v) is 16.2. The number of nitrogens with one attached hydrogen (secondary N) is 1. The molecule has 0 saturated carbocycles. The predicted molar refractivity (Wildman–Crippen MR) is 100 cm³/mol. The van der Waals surface area contributed by atoms with E-state index >= 15 is 0 Å². The van der Waals surface area contributed by atoms with E-state index in [9.17, 15) is 9.59 Å². The minimum Gasteiger partial charge on any atom is -0.333 e. The van der Waals surface area contributed by atoms with Crippen LogP contribution in [0.25, 0.3) is 0 Å². The molecule has 0 aromatic carbocycles. The van der Waals surface area contributed by atoms with Gasteiger partial charge in [0.15, 0.2) is 5.13 Å². The van der Waals surface area contributed by atoms with Crippen molar-refractivity contribution < 1.29 is 9.59 Å². The molecule has 1 heterocycles. The average Bonchev–Trinajstić information content (AvgIpc) is 3.04. The Morgan fingerprint density at radius 2 is 2.04 bits per heavy atom. The number of carbonyl (C=O) groups excluding carboxylic acids is 2. The van der Waals surface area contributed by atoms with E-state index in [1.807, 2.05) is 5.38 Å². The van der Waals surface area contributed by atoms with Gasteiger partial charge in [0.25, 0.3) is 0 Å². The van der Waals surface area contributed by atoms with Crippen LogP contribution >= 0.6 is 11.3 Å². The van der Waals surface area contributed by atoms with E-state index in [1.165, 1.54) is 11.3 Å². The highest BCUT2D eigenvalue weighted by atomic mass is 32.1. The Balaban J connectivity index is 2.70. The first-order chi connectivity index (χ1) is 11.5. The van der Waals surface area contributed by atoms with Crippen LogP contribution in [-0.4, -0.2) is 34.8 Å². The molecule has 1 rings (SSSR count). The lowest BCUT2D eigenvalue weighted by atomic mass is 9.97. The molecule has 6 heteroatoms. The maximum Gasteiger partial charge on any atom is 0.245 e. The Morgan fingerprint density at radius 3 is 2.58 bits per heavy atom. The summed E-state index contributed by atoms with van der Waals surface area (Å²) in [4.78, 5) is 30.9. The second kappa shape index (κ2) is 11.2. The fourth-order valence-corrected chi connectivity index (χ4v) is 3.05. The fraction of sp³-hybridized carbons (Fsp3) is 0.722.